The van der Waals surface area contributed by atoms with Gasteiger partial charge in [0.15, 0.2) is 4.67 Å². The highest BCUT2D eigenvalue weighted by molar-refractivity contribution is 9.10. The molecule has 1 aliphatic rings. The van der Waals surface area contributed by atoms with Gasteiger partial charge in [-0.15, -0.1) is 0 Å². The first kappa shape index (κ1) is 12.4. The van der Waals surface area contributed by atoms with E-state index in [2.05, 4.69) is 21.2 Å². The molecule has 1 aromatic heterocycles. The number of hydrogen-bond donors (Lipinski definition) is 2. The van der Waals surface area contributed by atoms with Crippen molar-refractivity contribution >= 4 is 27.5 Å². The number of aliphatic hydroxyl groups excluding tert-OH is 1. The Balaban J connectivity index is 1.94. The zero-order chi connectivity index (χ0) is 13.4. The van der Waals surface area contributed by atoms with Gasteiger partial charge >= 0.3 is 0 Å². The van der Waals surface area contributed by atoms with E-state index in [4.69, 9.17) is 4.42 Å². The van der Waals surface area contributed by atoms with E-state index in [0.29, 0.717) is 23.1 Å². The van der Waals surface area contributed by atoms with E-state index >= 15 is 0 Å². The molecule has 2 aromatic rings. The van der Waals surface area contributed by atoms with Crippen LogP contribution in [-0.2, 0) is 11.2 Å². The predicted molar refractivity (Wildman–Crippen MR) is 73.9 cm³/mol. The Bertz CT molecular complexity index is 635. The van der Waals surface area contributed by atoms with Crippen LogP contribution in [0.4, 0.5) is 5.69 Å². The van der Waals surface area contributed by atoms with Gasteiger partial charge in [-0.25, -0.2) is 0 Å². The maximum Gasteiger partial charge on any atom is 0.224 e. The normalized spacial score (nSPS) is 15.8. The molecule has 2 N–H and O–H groups in total. The van der Waals surface area contributed by atoms with Crippen LogP contribution in [0.15, 0.2) is 39.6 Å². The fraction of sp³-hybridized carbons (Fsp3) is 0.214. The number of hydrogen-bond acceptors (Lipinski definition) is 3. The number of fused-ring (bicyclic) bond motifs is 1. The summed E-state index contributed by atoms with van der Waals surface area (Å²) < 4.78 is 5.67. The average Bonchev–Trinajstić information content (AvgIpc) is 2.83. The predicted octanol–water partition coefficient (Wildman–Crippen LogP) is 3.01. The van der Waals surface area contributed by atoms with E-state index in [-0.39, 0.29) is 5.91 Å². The van der Waals surface area contributed by atoms with Crippen LogP contribution < -0.4 is 5.32 Å². The van der Waals surface area contributed by atoms with Crippen LogP contribution >= 0.6 is 15.9 Å². The summed E-state index contributed by atoms with van der Waals surface area (Å²) in [6.45, 7) is 0. The minimum absolute atomic E-state index is 0.0402. The van der Waals surface area contributed by atoms with Gasteiger partial charge in [0.2, 0.25) is 5.91 Å². The van der Waals surface area contributed by atoms with Crippen molar-refractivity contribution in [3.05, 3.63) is 51.9 Å². The molecular weight excluding hydrogens is 310 g/mol. The highest BCUT2D eigenvalue weighted by Crippen LogP contribution is 2.32. The summed E-state index contributed by atoms with van der Waals surface area (Å²) in [5.41, 5.74) is 3.37. The molecule has 5 heteroatoms. The summed E-state index contributed by atoms with van der Waals surface area (Å²) in [6.07, 6.45) is 1.98. The zero-order valence-electron chi connectivity index (χ0n) is 10.0. The molecule has 0 spiro atoms. The third-order valence-electron chi connectivity index (χ3n) is 3.28. The molecule has 3 rings (SSSR count). The highest BCUT2D eigenvalue weighted by Gasteiger charge is 2.19. The number of aryl methyl sites for hydroxylation is 1. The first-order valence-electron chi connectivity index (χ1n) is 5.99. The topological polar surface area (TPSA) is 62.5 Å². The van der Waals surface area contributed by atoms with Crippen LogP contribution in [0.2, 0.25) is 0 Å². The first-order valence-corrected chi connectivity index (χ1v) is 6.78. The molecule has 0 aliphatic carbocycles. The molecule has 1 atom stereocenters. The van der Waals surface area contributed by atoms with Crippen molar-refractivity contribution < 1.29 is 14.3 Å². The maximum absolute atomic E-state index is 11.3. The second kappa shape index (κ2) is 4.83. The molecule has 0 radical (unpaired) electrons. The van der Waals surface area contributed by atoms with Gasteiger partial charge in [0.05, 0.1) is 6.26 Å². The number of aliphatic hydroxyl groups is 1. The van der Waals surface area contributed by atoms with Gasteiger partial charge in [0.25, 0.3) is 0 Å². The van der Waals surface area contributed by atoms with Crippen LogP contribution in [0.3, 0.4) is 0 Å². The van der Waals surface area contributed by atoms with Crippen molar-refractivity contribution in [2.75, 3.05) is 5.32 Å². The molecule has 1 aromatic carbocycles. The van der Waals surface area contributed by atoms with E-state index < -0.39 is 6.10 Å². The molecule has 4 nitrogen and oxygen atoms in total. The van der Waals surface area contributed by atoms with Crippen LogP contribution in [-0.4, -0.2) is 11.0 Å². The summed E-state index contributed by atoms with van der Waals surface area (Å²) in [5, 5.41) is 13.2. The van der Waals surface area contributed by atoms with Crippen molar-refractivity contribution in [2.24, 2.45) is 0 Å². The van der Waals surface area contributed by atoms with Crippen molar-refractivity contribution in [2.45, 2.75) is 18.9 Å². The lowest BCUT2D eigenvalue weighted by atomic mass is 9.96. The van der Waals surface area contributed by atoms with E-state index in [1.54, 1.807) is 6.07 Å². The molecule has 0 fully saturated rings. The third-order valence-corrected chi connectivity index (χ3v) is 3.93. The molecule has 1 unspecified atom stereocenters. The standard InChI is InChI=1S/C14H12BrNO3/c15-14-10(5-6-19-14)13(18)9-1-3-11-8(7-9)2-4-12(17)16-11/h1,3,5-7,13,18H,2,4H2,(H,16,17). The number of carbonyl (C=O) groups excluding carboxylic acids is 1. The Hall–Kier alpha value is -1.59. The molecule has 1 aliphatic heterocycles. The zero-order valence-corrected chi connectivity index (χ0v) is 11.6. The number of amides is 1. The molecule has 0 bridgehead atoms. The van der Waals surface area contributed by atoms with Crippen molar-refractivity contribution in [1.82, 2.24) is 0 Å². The molecule has 19 heavy (non-hydrogen) atoms. The molecular formula is C14H12BrNO3. The van der Waals surface area contributed by atoms with E-state index in [1.165, 1.54) is 6.26 Å². The van der Waals surface area contributed by atoms with Crippen LogP contribution in [0.25, 0.3) is 0 Å². The summed E-state index contributed by atoms with van der Waals surface area (Å²) in [6, 6.07) is 7.31. The molecule has 0 saturated carbocycles. The fourth-order valence-electron chi connectivity index (χ4n) is 2.25. The molecule has 98 valence electrons. The van der Waals surface area contributed by atoms with Crippen molar-refractivity contribution in [3.63, 3.8) is 0 Å². The molecule has 2 heterocycles. The summed E-state index contributed by atoms with van der Waals surface area (Å²) >= 11 is 3.26. The molecule has 0 saturated heterocycles. The maximum atomic E-state index is 11.3. The smallest absolute Gasteiger partial charge is 0.224 e. The number of rotatable bonds is 2. The Morgan fingerprint density at radius 2 is 2.16 bits per heavy atom. The fourth-order valence-corrected chi connectivity index (χ4v) is 2.71. The number of benzene rings is 1. The SMILES string of the molecule is O=C1CCc2cc(C(O)c3ccoc3Br)ccc2N1. The van der Waals surface area contributed by atoms with Crippen LogP contribution in [0, 0.1) is 0 Å². The Morgan fingerprint density at radius 3 is 2.89 bits per heavy atom. The van der Waals surface area contributed by atoms with Gasteiger partial charge in [0.1, 0.15) is 6.10 Å². The van der Waals surface area contributed by atoms with E-state index in [0.717, 1.165) is 16.8 Å². The van der Waals surface area contributed by atoms with E-state index in [9.17, 15) is 9.90 Å². The number of carbonyl (C=O) groups is 1. The Labute approximate surface area is 118 Å². The first-order chi connectivity index (χ1) is 9.15. The minimum atomic E-state index is -0.740. The van der Waals surface area contributed by atoms with Gasteiger partial charge in [0, 0.05) is 17.7 Å². The number of anilines is 1. The van der Waals surface area contributed by atoms with Gasteiger partial charge in [-0.3, -0.25) is 4.79 Å². The Morgan fingerprint density at radius 1 is 1.32 bits per heavy atom. The highest BCUT2D eigenvalue weighted by atomic mass is 79.9. The second-order valence-corrected chi connectivity index (χ2v) is 5.24. The van der Waals surface area contributed by atoms with E-state index in [1.807, 2.05) is 18.2 Å². The summed E-state index contributed by atoms with van der Waals surface area (Å²) in [5.74, 6) is 0.0402. The Kier molecular flexibility index (Phi) is 3.16. The lowest BCUT2D eigenvalue weighted by Crippen LogP contribution is -2.19. The quantitative estimate of drug-likeness (QED) is 0.893. The number of nitrogens with one attached hydrogen (secondary N) is 1. The lowest BCUT2D eigenvalue weighted by molar-refractivity contribution is -0.116. The number of furan rings is 1. The van der Waals surface area contributed by atoms with Gasteiger partial charge in [-0.2, -0.15) is 0 Å². The van der Waals surface area contributed by atoms with Crippen LogP contribution in [0.1, 0.15) is 29.2 Å². The molecule has 1 amide bonds. The summed E-state index contributed by atoms with van der Waals surface area (Å²) in [4.78, 5) is 11.3. The van der Waals surface area contributed by atoms with Crippen LogP contribution in [0.5, 0.6) is 0 Å². The third kappa shape index (κ3) is 2.31. The van der Waals surface area contributed by atoms with Gasteiger partial charge < -0.3 is 14.8 Å². The van der Waals surface area contributed by atoms with Gasteiger partial charge in [-0.1, -0.05) is 12.1 Å². The second-order valence-electron chi connectivity index (χ2n) is 4.52. The number of halogens is 1. The minimum Gasteiger partial charge on any atom is -0.457 e. The van der Waals surface area contributed by atoms with Crippen molar-refractivity contribution in [1.29, 1.82) is 0 Å². The monoisotopic (exact) mass is 321 g/mol. The van der Waals surface area contributed by atoms with Crippen molar-refractivity contribution in [3.8, 4) is 0 Å². The van der Waals surface area contributed by atoms with Gasteiger partial charge in [-0.05, 0) is 45.6 Å². The average molecular weight is 322 g/mol. The largest absolute Gasteiger partial charge is 0.457 e. The lowest BCUT2D eigenvalue weighted by Gasteiger charge is -2.19. The summed E-state index contributed by atoms with van der Waals surface area (Å²) in [7, 11) is 0.